The lowest BCUT2D eigenvalue weighted by Crippen LogP contribution is -2.44. The molecular formula is C20H21N3O2. The van der Waals surface area contributed by atoms with E-state index in [0.717, 1.165) is 16.5 Å². The third-order valence-corrected chi connectivity index (χ3v) is 5.29. The number of allylic oxidation sites excluding steroid dienone is 2. The van der Waals surface area contributed by atoms with E-state index in [9.17, 15) is 10.1 Å². The highest BCUT2D eigenvalue weighted by atomic mass is 16.5. The molecule has 1 aliphatic carbocycles. The number of H-pyrrole nitrogens is 1. The van der Waals surface area contributed by atoms with Crippen LogP contribution in [-0.2, 0) is 9.53 Å². The summed E-state index contributed by atoms with van der Waals surface area (Å²) >= 11 is 0. The van der Waals surface area contributed by atoms with Crippen LogP contribution in [0.25, 0.3) is 10.9 Å². The number of benzene rings is 1. The summed E-state index contributed by atoms with van der Waals surface area (Å²) in [5, 5.41) is 10.7. The van der Waals surface area contributed by atoms with Crippen LogP contribution in [0, 0.1) is 22.7 Å². The second-order valence-electron chi connectivity index (χ2n) is 7.78. The van der Waals surface area contributed by atoms with Crippen molar-refractivity contribution in [2.45, 2.75) is 38.8 Å². The molecule has 128 valence electrons. The van der Waals surface area contributed by atoms with Gasteiger partial charge in [0.2, 0.25) is 0 Å². The maximum absolute atomic E-state index is 13.0. The lowest BCUT2D eigenvalue weighted by atomic mass is 9.68. The molecule has 3 atom stereocenters. The van der Waals surface area contributed by atoms with Crippen LogP contribution in [0.15, 0.2) is 41.8 Å². The van der Waals surface area contributed by atoms with E-state index in [-0.39, 0.29) is 17.1 Å². The number of carbonyl (C=O) groups excluding carboxylic acids is 1. The molecule has 1 aliphatic heterocycles. The second kappa shape index (κ2) is 5.47. The van der Waals surface area contributed by atoms with Gasteiger partial charge in [0.05, 0.1) is 6.07 Å². The third-order valence-electron chi connectivity index (χ3n) is 5.29. The van der Waals surface area contributed by atoms with Gasteiger partial charge in [-0.2, -0.15) is 5.26 Å². The van der Waals surface area contributed by atoms with Crippen LogP contribution in [0.1, 0.15) is 38.2 Å². The summed E-state index contributed by atoms with van der Waals surface area (Å²) in [6.45, 7) is 4.11. The summed E-state index contributed by atoms with van der Waals surface area (Å²) in [6.07, 6.45) is 2.29. The van der Waals surface area contributed by atoms with Crippen LogP contribution >= 0.6 is 0 Å². The fourth-order valence-corrected chi connectivity index (χ4v) is 4.18. The number of fused-ring (bicyclic) bond motifs is 1. The fraction of sp³-hybridized carbons (Fsp3) is 0.400. The fourth-order valence-electron chi connectivity index (χ4n) is 4.18. The Bertz CT molecular complexity index is 932. The molecule has 0 fully saturated rings. The number of aromatic nitrogens is 1. The summed E-state index contributed by atoms with van der Waals surface area (Å²) in [6, 6.07) is 10.2. The highest BCUT2D eigenvalue weighted by Crippen LogP contribution is 2.49. The largest absolute Gasteiger partial charge is 0.478 e. The normalized spacial score (nSPS) is 28.4. The van der Waals surface area contributed by atoms with Crippen molar-refractivity contribution < 1.29 is 9.53 Å². The molecule has 3 N–H and O–H groups in total. The number of nitriles is 1. The lowest BCUT2D eigenvalue weighted by molar-refractivity contribution is -0.120. The van der Waals surface area contributed by atoms with Crippen molar-refractivity contribution >= 4 is 16.7 Å². The van der Waals surface area contributed by atoms with Gasteiger partial charge in [0.25, 0.3) is 0 Å². The van der Waals surface area contributed by atoms with Crippen molar-refractivity contribution in [1.82, 2.24) is 4.98 Å². The first kappa shape index (κ1) is 15.9. The number of nitrogens with one attached hydrogen (secondary N) is 1. The van der Waals surface area contributed by atoms with Crippen molar-refractivity contribution in [3.8, 4) is 6.07 Å². The number of aromatic amines is 1. The summed E-state index contributed by atoms with van der Waals surface area (Å²) in [5.74, 6) is -0.226. The van der Waals surface area contributed by atoms with Crippen LogP contribution in [0.4, 0.5) is 0 Å². The molecule has 4 rings (SSSR count). The molecular weight excluding hydrogens is 314 g/mol. The van der Waals surface area contributed by atoms with E-state index in [1.165, 1.54) is 0 Å². The van der Waals surface area contributed by atoms with E-state index in [1.807, 2.05) is 30.5 Å². The van der Waals surface area contributed by atoms with E-state index in [4.69, 9.17) is 10.5 Å². The molecule has 0 unspecified atom stereocenters. The highest BCUT2D eigenvalue weighted by molar-refractivity contribution is 6.00. The number of Topliss-reactive ketones (excluding diaryl/α,β-unsaturated/α-hetero) is 1. The topological polar surface area (TPSA) is 91.9 Å². The number of nitrogens with two attached hydrogens (primary N) is 1. The Balaban J connectivity index is 1.93. The van der Waals surface area contributed by atoms with Gasteiger partial charge in [-0.05, 0) is 17.0 Å². The van der Waals surface area contributed by atoms with Crippen molar-refractivity contribution in [3.63, 3.8) is 0 Å². The van der Waals surface area contributed by atoms with Crippen molar-refractivity contribution in [1.29, 1.82) is 5.26 Å². The monoisotopic (exact) mass is 335 g/mol. The number of carbonyl (C=O) groups is 1. The number of rotatable bonds is 1. The minimum Gasteiger partial charge on any atom is -0.478 e. The number of hydrogen-bond acceptors (Lipinski definition) is 4. The van der Waals surface area contributed by atoms with Gasteiger partial charge in [0, 0.05) is 41.4 Å². The Morgan fingerprint density at radius 2 is 2.08 bits per heavy atom. The average Bonchev–Trinajstić information content (AvgIpc) is 2.96. The number of nitrogens with zero attached hydrogens (tertiary/aromatic N) is 1. The van der Waals surface area contributed by atoms with Crippen LogP contribution in [-0.4, -0.2) is 17.0 Å². The maximum Gasteiger partial charge on any atom is 0.164 e. The molecule has 0 saturated carbocycles. The third kappa shape index (κ3) is 2.45. The van der Waals surface area contributed by atoms with Gasteiger partial charge in [-0.15, -0.1) is 0 Å². The molecule has 2 aromatic rings. The standard InChI is InChI=1S/C20H21N3O2/c1-20(2)7-15(24)18-16(8-20)25-19(22)12(9-21)17(18)13-10-23-14-6-4-3-5-11(13)14/h3-6,10,12,17,19,23H,7-8,22H2,1-2H3/t12-,17-,19-/m1/s1. The van der Waals surface area contributed by atoms with E-state index in [2.05, 4.69) is 24.9 Å². The van der Waals surface area contributed by atoms with Gasteiger partial charge in [-0.1, -0.05) is 32.0 Å². The quantitative estimate of drug-likeness (QED) is 0.836. The molecule has 25 heavy (non-hydrogen) atoms. The first-order valence-electron chi connectivity index (χ1n) is 8.55. The average molecular weight is 335 g/mol. The van der Waals surface area contributed by atoms with E-state index < -0.39 is 12.1 Å². The number of ether oxygens (including phenoxy) is 1. The van der Waals surface area contributed by atoms with Crippen LogP contribution in [0.2, 0.25) is 0 Å². The van der Waals surface area contributed by atoms with Gasteiger partial charge >= 0.3 is 0 Å². The summed E-state index contributed by atoms with van der Waals surface area (Å²) in [4.78, 5) is 16.2. The summed E-state index contributed by atoms with van der Waals surface area (Å²) in [7, 11) is 0. The minimum absolute atomic E-state index is 0.0636. The second-order valence-corrected chi connectivity index (χ2v) is 7.78. The Labute approximate surface area is 146 Å². The molecule has 5 heteroatoms. The zero-order valence-corrected chi connectivity index (χ0v) is 14.4. The summed E-state index contributed by atoms with van der Waals surface area (Å²) in [5.41, 5.74) is 8.59. The number of hydrogen-bond donors (Lipinski definition) is 2. The Kier molecular flexibility index (Phi) is 3.48. The molecule has 0 radical (unpaired) electrons. The van der Waals surface area contributed by atoms with Gasteiger partial charge < -0.3 is 9.72 Å². The molecule has 2 heterocycles. The first-order valence-corrected chi connectivity index (χ1v) is 8.55. The molecule has 0 bridgehead atoms. The Hall–Kier alpha value is -2.58. The molecule has 1 aromatic carbocycles. The van der Waals surface area contributed by atoms with Crippen molar-refractivity contribution in [3.05, 3.63) is 47.4 Å². The van der Waals surface area contributed by atoms with Crippen molar-refractivity contribution in [2.24, 2.45) is 17.1 Å². The molecule has 0 amide bonds. The van der Waals surface area contributed by atoms with E-state index in [1.54, 1.807) is 0 Å². The lowest BCUT2D eigenvalue weighted by Gasteiger charge is -2.41. The van der Waals surface area contributed by atoms with Crippen molar-refractivity contribution in [2.75, 3.05) is 0 Å². The Morgan fingerprint density at radius 3 is 2.84 bits per heavy atom. The molecule has 1 aromatic heterocycles. The Morgan fingerprint density at radius 1 is 1.32 bits per heavy atom. The SMILES string of the molecule is CC1(C)CC(=O)C2=C(C1)O[C@@H](N)[C@H](C#N)[C@@H]2c1c[nH]c2ccccc12. The van der Waals surface area contributed by atoms with Gasteiger partial charge in [-0.25, -0.2) is 0 Å². The first-order chi connectivity index (χ1) is 11.9. The predicted molar refractivity (Wildman–Crippen MR) is 94.3 cm³/mol. The smallest absolute Gasteiger partial charge is 0.164 e. The highest BCUT2D eigenvalue weighted by Gasteiger charge is 2.47. The zero-order valence-electron chi connectivity index (χ0n) is 14.4. The predicted octanol–water partition coefficient (Wildman–Crippen LogP) is 3.35. The summed E-state index contributed by atoms with van der Waals surface area (Å²) < 4.78 is 5.84. The van der Waals surface area contributed by atoms with Gasteiger partial charge in [0.1, 0.15) is 11.7 Å². The van der Waals surface area contributed by atoms with Crippen LogP contribution in [0.5, 0.6) is 0 Å². The zero-order chi connectivity index (χ0) is 17.8. The van der Waals surface area contributed by atoms with Crippen LogP contribution in [0.3, 0.4) is 0 Å². The molecule has 2 aliphatic rings. The van der Waals surface area contributed by atoms with E-state index in [0.29, 0.717) is 24.2 Å². The van der Waals surface area contributed by atoms with Gasteiger partial charge in [-0.3, -0.25) is 10.5 Å². The van der Waals surface area contributed by atoms with Gasteiger partial charge in [0.15, 0.2) is 12.0 Å². The maximum atomic E-state index is 13.0. The number of para-hydroxylation sites is 1. The van der Waals surface area contributed by atoms with E-state index >= 15 is 0 Å². The minimum atomic E-state index is -0.732. The molecule has 0 spiro atoms. The molecule has 0 saturated heterocycles. The van der Waals surface area contributed by atoms with Crippen LogP contribution < -0.4 is 5.73 Å². The molecule has 5 nitrogen and oxygen atoms in total. The number of ketones is 1.